The first-order valence-electron chi connectivity index (χ1n) is 6.62. The highest BCUT2D eigenvalue weighted by molar-refractivity contribution is 5.75. The summed E-state index contributed by atoms with van der Waals surface area (Å²) in [6.45, 7) is 7.38. The smallest absolute Gasteiger partial charge is 0.311 e. The van der Waals surface area contributed by atoms with Gasteiger partial charge in [0.2, 0.25) is 0 Å². The van der Waals surface area contributed by atoms with Crippen LogP contribution in [-0.4, -0.2) is 48.3 Å². The minimum absolute atomic E-state index is 0.189. The number of aliphatic carboxylic acids is 1. The molecule has 0 spiro atoms. The average molecular weight is 241 g/mol. The van der Waals surface area contributed by atoms with Crippen LogP contribution in [0.2, 0.25) is 0 Å². The Morgan fingerprint density at radius 1 is 1.59 bits per heavy atom. The Morgan fingerprint density at radius 3 is 2.82 bits per heavy atom. The summed E-state index contributed by atoms with van der Waals surface area (Å²) >= 11 is 0. The van der Waals surface area contributed by atoms with Crippen molar-refractivity contribution in [3.05, 3.63) is 0 Å². The lowest BCUT2D eigenvalue weighted by Crippen LogP contribution is -2.40. The van der Waals surface area contributed by atoms with Crippen molar-refractivity contribution in [3.8, 4) is 0 Å². The Balaban J connectivity index is 1.94. The maximum Gasteiger partial charge on any atom is 0.311 e. The number of carbonyl (C=O) groups is 1. The number of likely N-dealkylation sites (tertiary alicyclic amines) is 1. The maximum absolute atomic E-state index is 11.5. The third-order valence-corrected chi connectivity index (χ3v) is 4.40. The van der Waals surface area contributed by atoms with E-state index in [4.69, 9.17) is 4.74 Å². The van der Waals surface area contributed by atoms with Gasteiger partial charge < -0.3 is 9.84 Å². The molecule has 4 heteroatoms. The standard InChI is InChI=1S/C13H23NO3/c1-10(2)13(12(15)16)5-6-14(9-13)8-11-4-3-7-17-11/h10-11H,3-9H2,1-2H3,(H,15,16). The van der Waals surface area contributed by atoms with Gasteiger partial charge in [0, 0.05) is 19.7 Å². The number of hydrogen-bond acceptors (Lipinski definition) is 3. The second-order valence-corrected chi connectivity index (χ2v) is 5.74. The molecule has 2 heterocycles. The summed E-state index contributed by atoms with van der Waals surface area (Å²) < 4.78 is 5.61. The van der Waals surface area contributed by atoms with E-state index in [1.807, 2.05) is 13.8 Å². The van der Waals surface area contributed by atoms with Crippen molar-refractivity contribution in [2.75, 3.05) is 26.2 Å². The molecule has 0 aromatic rings. The maximum atomic E-state index is 11.5. The van der Waals surface area contributed by atoms with E-state index in [1.165, 1.54) is 0 Å². The summed E-state index contributed by atoms with van der Waals surface area (Å²) in [5.74, 6) is -0.447. The number of carboxylic acid groups (broad SMARTS) is 1. The van der Waals surface area contributed by atoms with Gasteiger partial charge in [-0.3, -0.25) is 9.69 Å². The van der Waals surface area contributed by atoms with E-state index in [2.05, 4.69) is 4.90 Å². The van der Waals surface area contributed by atoms with Crippen molar-refractivity contribution < 1.29 is 14.6 Å². The van der Waals surface area contributed by atoms with Crippen LogP contribution in [-0.2, 0) is 9.53 Å². The minimum Gasteiger partial charge on any atom is -0.481 e. The van der Waals surface area contributed by atoms with Gasteiger partial charge >= 0.3 is 5.97 Å². The fourth-order valence-corrected chi connectivity index (χ4v) is 3.04. The van der Waals surface area contributed by atoms with Crippen LogP contribution in [0, 0.1) is 11.3 Å². The van der Waals surface area contributed by atoms with Gasteiger partial charge in [-0.1, -0.05) is 13.8 Å². The van der Waals surface area contributed by atoms with Crippen LogP contribution in [0.5, 0.6) is 0 Å². The van der Waals surface area contributed by atoms with Crippen LogP contribution < -0.4 is 0 Å². The molecule has 0 aliphatic carbocycles. The zero-order valence-corrected chi connectivity index (χ0v) is 10.8. The summed E-state index contributed by atoms with van der Waals surface area (Å²) in [6, 6.07) is 0. The first kappa shape index (κ1) is 12.8. The predicted octanol–water partition coefficient (Wildman–Crippen LogP) is 1.60. The Hall–Kier alpha value is -0.610. The highest BCUT2D eigenvalue weighted by Gasteiger charge is 2.47. The molecule has 0 aromatic heterocycles. The number of hydrogen-bond donors (Lipinski definition) is 1. The van der Waals surface area contributed by atoms with Gasteiger partial charge in [0.05, 0.1) is 11.5 Å². The topological polar surface area (TPSA) is 49.8 Å². The molecule has 2 atom stereocenters. The molecule has 4 nitrogen and oxygen atoms in total. The monoisotopic (exact) mass is 241 g/mol. The van der Waals surface area contributed by atoms with Gasteiger partial charge in [-0.15, -0.1) is 0 Å². The van der Waals surface area contributed by atoms with Gasteiger partial charge in [0.15, 0.2) is 0 Å². The van der Waals surface area contributed by atoms with Gasteiger partial charge in [0.25, 0.3) is 0 Å². The van der Waals surface area contributed by atoms with Crippen LogP contribution >= 0.6 is 0 Å². The van der Waals surface area contributed by atoms with Crippen molar-refractivity contribution >= 4 is 5.97 Å². The molecular formula is C13H23NO3. The first-order valence-corrected chi connectivity index (χ1v) is 6.62. The van der Waals surface area contributed by atoms with Gasteiger partial charge in [-0.25, -0.2) is 0 Å². The molecule has 0 aromatic carbocycles. The summed E-state index contributed by atoms with van der Waals surface area (Å²) in [6.07, 6.45) is 3.37. The molecule has 2 saturated heterocycles. The van der Waals surface area contributed by atoms with Crippen molar-refractivity contribution in [1.82, 2.24) is 4.90 Å². The number of ether oxygens (including phenoxy) is 1. The summed E-state index contributed by atoms with van der Waals surface area (Å²) in [7, 11) is 0. The van der Waals surface area contributed by atoms with E-state index in [0.717, 1.165) is 39.0 Å². The van der Waals surface area contributed by atoms with Crippen LogP contribution in [0.4, 0.5) is 0 Å². The zero-order chi connectivity index (χ0) is 12.5. The molecule has 98 valence electrons. The second kappa shape index (κ2) is 4.94. The first-order chi connectivity index (χ1) is 8.04. The largest absolute Gasteiger partial charge is 0.481 e. The van der Waals surface area contributed by atoms with Gasteiger partial charge in [-0.05, 0) is 31.7 Å². The Bertz CT molecular complexity index is 286. The molecule has 2 rings (SSSR count). The Kier molecular flexibility index (Phi) is 3.73. The summed E-state index contributed by atoms with van der Waals surface area (Å²) in [4.78, 5) is 13.8. The molecule has 1 N–H and O–H groups in total. The fraction of sp³-hybridized carbons (Fsp3) is 0.923. The van der Waals surface area contributed by atoms with Crippen molar-refractivity contribution in [2.45, 2.75) is 39.2 Å². The highest BCUT2D eigenvalue weighted by Crippen LogP contribution is 2.38. The Labute approximate surface area is 103 Å². The van der Waals surface area contributed by atoms with E-state index in [9.17, 15) is 9.90 Å². The van der Waals surface area contributed by atoms with Crippen LogP contribution in [0.1, 0.15) is 33.1 Å². The number of carboxylic acids is 1. The third-order valence-electron chi connectivity index (χ3n) is 4.40. The van der Waals surface area contributed by atoms with E-state index in [0.29, 0.717) is 12.6 Å². The molecule has 2 fully saturated rings. The summed E-state index contributed by atoms with van der Waals surface area (Å²) in [5.41, 5.74) is -0.543. The molecule has 2 unspecified atom stereocenters. The molecule has 0 saturated carbocycles. The predicted molar refractivity (Wildman–Crippen MR) is 64.9 cm³/mol. The molecule has 0 amide bonds. The lowest BCUT2D eigenvalue weighted by atomic mass is 9.76. The third kappa shape index (κ3) is 2.47. The van der Waals surface area contributed by atoms with Crippen LogP contribution in [0.25, 0.3) is 0 Å². The van der Waals surface area contributed by atoms with Crippen LogP contribution in [0.15, 0.2) is 0 Å². The lowest BCUT2D eigenvalue weighted by Gasteiger charge is -2.29. The van der Waals surface area contributed by atoms with Crippen molar-refractivity contribution in [2.24, 2.45) is 11.3 Å². The summed E-state index contributed by atoms with van der Waals surface area (Å²) in [5, 5.41) is 9.45. The number of rotatable bonds is 4. The van der Waals surface area contributed by atoms with Gasteiger partial charge in [0.1, 0.15) is 0 Å². The molecule has 0 radical (unpaired) electrons. The van der Waals surface area contributed by atoms with Crippen molar-refractivity contribution in [3.63, 3.8) is 0 Å². The second-order valence-electron chi connectivity index (χ2n) is 5.74. The normalized spacial score (nSPS) is 34.6. The van der Waals surface area contributed by atoms with E-state index in [-0.39, 0.29) is 5.92 Å². The molecule has 2 aliphatic rings. The number of nitrogens with zero attached hydrogens (tertiary/aromatic N) is 1. The van der Waals surface area contributed by atoms with Gasteiger partial charge in [-0.2, -0.15) is 0 Å². The SMILES string of the molecule is CC(C)C1(C(=O)O)CCN(CC2CCCO2)C1. The minimum atomic E-state index is -0.637. The van der Waals surface area contributed by atoms with Crippen LogP contribution in [0.3, 0.4) is 0 Å². The lowest BCUT2D eigenvalue weighted by molar-refractivity contribution is -0.151. The van der Waals surface area contributed by atoms with E-state index < -0.39 is 11.4 Å². The fourth-order valence-electron chi connectivity index (χ4n) is 3.04. The molecular weight excluding hydrogens is 218 g/mol. The quantitative estimate of drug-likeness (QED) is 0.812. The molecule has 2 aliphatic heterocycles. The van der Waals surface area contributed by atoms with Crippen molar-refractivity contribution in [1.29, 1.82) is 0 Å². The zero-order valence-electron chi connectivity index (χ0n) is 10.8. The van der Waals surface area contributed by atoms with E-state index in [1.54, 1.807) is 0 Å². The van der Waals surface area contributed by atoms with E-state index >= 15 is 0 Å². The molecule has 0 bridgehead atoms. The highest BCUT2D eigenvalue weighted by atomic mass is 16.5. The Morgan fingerprint density at radius 2 is 2.35 bits per heavy atom. The average Bonchev–Trinajstić information content (AvgIpc) is 2.87. The molecule has 17 heavy (non-hydrogen) atoms.